The van der Waals surface area contributed by atoms with Gasteiger partial charge in [-0.1, -0.05) is 40.5 Å². The van der Waals surface area contributed by atoms with Crippen LogP contribution in [0.1, 0.15) is 29.7 Å². The van der Waals surface area contributed by atoms with Gasteiger partial charge >= 0.3 is 0 Å². The molecule has 0 aliphatic carbocycles. The lowest BCUT2D eigenvalue weighted by Gasteiger charge is -2.21. The second kappa shape index (κ2) is 7.14. The van der Waals surface area contributed by atoms with Crippen LogP contribution >= 0.6 is 15.9 Å². The summed E-state index contributed by atoms with van der Waals surface area (Å²) in [5.41, 5.74) is 2.57. The predicted molar refractivity (Wildman–Crippen MR) is 85.4 cm³/mol. The number of likely N-dealkylation sites (N-methyl/N-ethyl adjacent to an activating group) is 1. The molecule has 4 heteroatoms. The number of hydrogen-bond acceptors (Lipinski definition) is 1. The molecule has 0 spiro atoms. The van der Waals surface area contributed by atoms with Crippen molar-refractivity contribution in [2.45, 2.75) is 26.3 Å². The highest BCUT2D eigenvalue weighted by Gasteiger charge is 2.17. The Labute approximate surface area is 132 Å². The first kappa shape index (κ1) is 16.1. The Bertz CT molecular complexity index is 628. The average molecular weight is 354 g/mol. The fourth-order valence-electron chi connectivity index (χ4n) is 2.39. The molecule has 0 heterocycles. The molecule has 0 saturated heterocycles. The van der Waals surface area contributed by atoms with Gasteiger partial charge in [0.25, 0.3) is 0 Å². The summed E-state index contributed by atoms with van der Waals surface area (Å²) in [4.78, 5) is 0. The van der Waals surface area contributed by atoms with E-state index in [1.807, 2.05) is 26.0 Å². The van der Waals surface area contributed by atoms with Crippen molar-refractivity contribution in [2.24, 2.45) is 0 Å². The molecule has 1 N–H and O–H groups in total. The predicted octanol–water partition coefficient (Wildman–Crippen LogP) is 4.93. The van der Waals surface area contributed by atoms with Crippen LogP contribution in [0.15, 0.2) is 40.9 Å². The van der Waals surface area contributed by atoms with Crippen LogP contribution in [-0.4, -0.2) is 6.54 Å². The molecule has 1 atom stereocenters. The Balaban J connectivity index is 2.35. The molecule has 21 heavy (non-hydrogen) atoms. The van der Waals surface area contributed by atoms with Crippen molar-refractivity contribution in [3.8, 4) is 0 Å². The molecule has 0 aliphatic rings. The Hall–Kier alpha value is -1.26. The van der Waals surface area contributed by atoms with Crippen LogP contribution in [0.2, 0.25) is 0 Å². The standard InChI is InChI=1S/C17H18BrF2N/c1-3-21-17(14-8-11(2)4-6-15(14)18)10-12-9-13(19)5-7-16(12)20/h4-9,17,21H,3,10H2,1-2H3. The van der Waals surface area contributed by atoms with Crippen molar-refractivity contribution < 1.29 is 8.78 Å². The van der Waals surface area contributed by atoms with Gasteiger partial charge in [-0.3, -0.25) is 0 Å². The van der Waals surface area contributed by atoms with Gasteiger partial charge in [-0.15, -0.1) is 0 Å². The minimum atomic E-state index is -0.412. The normalized spacial score (nSPS) is 12.4. The average Bonchev–Trinajstić information content (AvgIpc) is 2.45. The van der Waals surface area contributed by atoms with Crippen LogP contribution in [0.4, 0.5) is 8.78 Å². The fourth-order valence-corrected chi connectivity index (χ4v) is 2.91. The van der Waals surface area contributed by atoms with E-state index in [4.69, 9.17) is 0 Å². The van der Waals surface area contributed by atoms with Gasteiger partial charge in [-0.25, -0.2) is 8.78 Å². The summed E-state index contributed by atoms with van der Waals surface area (Å²) in [5, 5.41) is 3.34. The molecular weight excluding hydrogens is 336 g/mol. The van der Waals surface area contributed by atoms with Crippen LogP contribution in [0, 0.1) is 18.6 Å². The van der Waals surface area contributed by atoms with E-state index in [1.54, 1.807) is 0 Å². The van der Waals surface area contributed by atoms with Crippen LogP contribution in [0.25, 0.3) is 0 Å². The van der Waals surface area contributed by atoms with Gasteiger partial charge in [0.15, 0.2) is 0 Å². The Morgan fingerprint density at radius 2 is 1.90 bits per heavy atom. The molecule has 0 radical (unpaired) electrons. The number of benzene rings is 2. The molecule has 1 nitrogen and oxygen atoms in total. The van der Waals surface area contributed by atoms with Crippen LogP contribution in [0.5, 0.6) is 0 Å². The summed E-state index contributed by atoms with van der Waals surface area (Å²) in [6.45, 7) is 4.77. The molecule has 2 aromatic carbocycles. The third-order valence-electron chi connectivity index (χ3n) is 3.41. The van der Waals surface area contributed by atoms with E-state index in [1.165, 1.54) is 12.1 Å². The molecule has 0 fully saturated rings. The van der Waals surface area contributed by atoms with E-state index in [0.29, 0.717) is 12.0 Å². The SMILES string of the molecule is CCNC(Cc1cc(F)ccc1F)c1cc(C)ccc1Br. The van der Waals surface area contributed by atoms with E-state index in [0.717, 1.165) is 28.2 Å². The topological polar surface area (TPSA) is 12.0 Å². The van der Waals surface area contributed by atoms with Crippen LogP contribution in [-0.2, 0) is 6.42 Å². The number of rotatable bonds is 5. The van der Waals surface area contributed by atoms with Crippen molar-refractivity contribution in [2.75, 3.05) is 6.54 Å². The fraction of sp³-hybridized carbons (Fsp3) is 0.294. The van der Waals surface area contributed by atoms with Crippen molar-refractivity contribution in [3.05, 3.63) is 69.2 Å². The van der Waals surface area contributed by atoms with Crippen LogP contribution in [0.3, 0.4) is 0 Å². The van der Waals surface area contributed by atoms with E-state index in [9.17, 15) is 8.78 Å². The third-order valence-corrected chi connectivity index (χ3v) is 4.13. The molecule has 112 valence electrons. The van der Waals surface area contributed by atoms with Crippen molar-refractivity contribution in [1.29, 1.82) is 0 Å². The molecule has 2 aromatic rings. The first-order valence-corrected chi connectivity index (χ1v) is 7.74. The van der Waals surface area contributed by atoms with E-state index < -0.39 is 5.82 Å². The summed E-state index contributed by atoms with van der Waals surface area (Å²) in [7, 11) is 0. The van der Waals surface area contributed by atoms with Gasteiger partial charge in [-0.2, -0.15) is 0 Å². The smallest absolute Gasteiger partial charge is 0.126 e. The number of aryl methyl sites for hydroxylation is 1. The maximum absolute atomic E-state index is 13.9. The molecule has 0 aliphatic heterocycles. The van der Waals surface area contributed by atoms with Gasteiger partial charge in [0, 0.05) is 10.5 Å². The third kappa shape index (κ3) is 4.11. The van der Waals surface area contributed by atoms with Crippen molar-refractivity contribution in [1.82, 2.24) is 5.32 Å². The second-order valence-electron chi connectivity index (χ2n) is 5.08. The lowest BCUT2D eigenvalue weighted by atomic mass is 9.97. The minimum absolute atomic E-state index is 0.0689. The van der Waals surface area contributed by atoms with Crippen molar-refractivity contribution >= 4 is 15.9 Å². The van der Waals surface area contributed by atoms with E-state index >= 15 is 0 Å². The highest BCUT2D eigenvalue weighted by molar-refractivity contribution is 9.10. The summed E-state index contributed by atoms with van der Waals surface area (Å²) in [5.74, 6) is -0.784. The monoisotopic (exact) mass is 353 g/mol. The van der Waals surface area contributed by atoms with Gasteiger partial charge in [0.1, 0.15) is 11.6 Å². The number of hydrogen-bond donors (Lipinski definition) is 1. The zero-order valence-corrected chi connectivity index (χ0v) is 13.7. The maximum Gasteiger partial charge on any atom is 0.126 e. The summed E-state index contributed by atoms with van der Waals surface area (Å²) >= 11 is 3.54. The largest absolute Gasteiger partial charge is 0.310 e. The lowest BCUT2D eigenvalue weighted by molar-refractivity contribution is 0.520. The Morgan fingerprint density at radius 3 is 2.62 bits per heavy atom. The molecule has 1 unspecified atom stereocenters. The van der Waals surface area contributed by atoms with Gasteiger partial charge in [-0.05, 0) is 55.3 Å². The Kier molecular flexibility index (Phi) is 5.48. The van der Waals surface area contributed by atoms with Crippen molar-refractivity contribution in [3.63, 3.8) is 0 Å². The maximum atomic E-state index is 13.9. The van der Waals surface area contributed by atoms with Gasteiger partial charge in [0.05, 0.1) is 0 Å². The first-order chi connectivity index (χ1) is 10.0. The Morgan fingerprint density at radius 1 is 1.14 bits per heavy atom. The summed E-state index contributed by atoms with van der Waals surface area (Å²) in [6.07, 6.45) is 0.402. The molecule has 0 amide bonds. The molecular formula is C17H18BrF2N. The van der Waals surface area contributed by atoms with Crippen LogP contribution < -0.4 is 5.32 Å². The summed E-state index contributed by atoms with van der Waals surface area (Å²) < 4.78 is 28.2. The lowest BCUT2D eigenvalue weighted by Crippen LogP contribution is -2.24. The highest BCUT2D eigenvalue weighted by atomic mass is 79.9. The zero-order valence-electron chi connectivity index (χ0n) is 12.1. The summed E-state index contributed by atoms with van der Waals surface area (Å²) in [6, 6.07) is 9.58. The molecule has 0 bridgehead atoms. The minimum Gasteiger partial charge on any atom is -0.310 e. The number of halogens is 3. The molecule has 2 rings (SSSR count). The molecule has 0 aromatic heterocycles. The second-order valence-corrected chi connectivity index (χ2v) is 5.93. The van der Waals surface area contributed by atoms with E-state index in [2.05, 4.69) is 27.3 Å². The van der Waals surface area contributed by atoms with Gasteiger partial charge < -0.3 is 5.32 Å². The zero-order chi connectivity index (χ0) is 15.4. The first-order valence-electron chi connectivity index (χ1n) is 6.94. The highest BCUT2D eigenvalue weighted by Crippen LogP contribution is 2.28. The van der Waals surface area contributed by atoms with E-state index in [-0.39, 0.29) is 11.9 Å². The number of nitrogens with one attached hydrogen (secondary N) is 1. The quantitative estimate of drug-likeness (QED) is 0.803. The van der Waals surface area contributed by atoms with Gasteiger partial charge in [0.2, 0.25) is 0 Å². The molecule has 0 saturated carbocycles.